The summed E-state index contributed by atoms with van der Waals surface area (Å²) in [6.07, 6.45) is 12.5. The highest BCUT2D eigenvalue weighted by Gasteiger charge is 2.50. The smallest absolute Gasteiger partial charge is 0.107 e. The molecule has 0 aliphatic heterocycles. The lowest BCUT2D eigenvalue weighted by molar-refractivity contribution is 0.0596. The molecule has 0 bridgehead atoms. The second-order valence-electron chi connectivity index (χ2n) is 11.3. The first kappa shape index (κ1) is 23.7. The molecule has 0 amide bonds. The van der Waals surface area contributed by atoms with E-state index >= 15 is 0 Å². The van der Waals surface area contributed by atoms with E-state index < -0.39 is 17.9 Å². The van der Waals surface area contributed by atoms with Crippen molar-refractivity contribution in [1.82, 2.24) is 0 Å². The predicted octanol–water partition coefficient (Wildman–Crippen LogP) is 6.68. The van der Waals surface area contributed by atoms with Gasteiger partial charge in [-0.3, -0.25) is 0 Å². The minimum Gasteiger partial charge on any atom is -0.390 e. The highest BCUT2D eigenvalue weighted by Crippen LogP contribution is 2.60. The summed E-state index contributed by atoms with van der Waals surface area (Å²) in [6, 6.07) is 0. The lowest BCUT2D eigenvalue weighted by Crippen LogP contribution is -2.36. The standard InChI is InChI=1S/C27H43FO2/c1-18(8-6-14-26(3,4)30)23-12-13-24-20(9-7-15-27(23,24)5)10-11-21-16-22(28)17-25(29)19(21)2/h10-11,18,22-25,29-30H,2,6-9,12-17H2,1,3-5H3/b20-10+,21-11+/t18-,22-,23-,24+,25+,27-/m1/s1. The third kappa shape index (κ3) is 5.27. The topological polar surface area (TPSA) is 40.5 Å². The van der Waals surface area contributed by atoms with Crippen LogP contribution in [0.5, 0.6) is 0 Å². The van der Waals surface area contributed by atoms with Gasteiger partial charge in [0.05, 0.1) is 11.7 Å². The van der Waals surface area contributed by atoms with E-state index in [4.69, 9.17) is 0 Å². The number of allylic oxidation sites excluding steroid dienone is 3. The maximum atomic E-state index is 13.9. The number of alkyl halides is 1. The van der Waals surface area contributed by atoms with Gasteiger partial charge >= 0.3 is 0 Å². The molecule has 3 rings (SSSR count). The van der Waals surface area contributed by atoms with E-state index in [2.05, 4.69) is 32.6 Å². The number of hydrogen-bond donors (Lipinski definition) is 2. The molecule has 0 radical (unpaired) electrons. The summed E-state index contributed by atoms with van der Waals surface area (Å²) in [7, 11) is 0. The Balaban J connectivity index is 1.70. The summed E-state index contributed by atoms with van der Waals surface area (Å²) in [5.74, 6) is 2.04. The van der Waals surface area contributed by atoms with Gasteiger partial charge in [-0.1, -0.05) is 51.0 Å². The van der Waals surface area contributed by atoms with Crippen LogP contribution in [0, 0.1) is 23.2 Å². The Morgan fingerprint density at radius 2 is 2.03 bits per heavy atom. The van der Waals surface area contributed by atoms with Crippen molar-refractivity contribution in [1.29, 1.82) is 0 Å². The van der Waals surface area contributed by atoms with Crippen molar-refractivity contribution in [3.63, 3.8) is 0 Å². The van der Waals surface area contributed by atoms with E-state index in [0.717, 1.165) is 30.8 Å². The zero-order valence-electron chi connectivity index (χ0n) is 19.6. The van der Waals surface area contributed by atoms with Gasteiger partial charge in [0.2, 0.25) is 0 Å². The Morgan fingerprint density at radius 3 is 2.73 bits per heavy atom. The third-order valence-corrected chi connectivity index (χ3v) is 8.41. The van der Waals surface area contributed by atoms with Gasteiger partial charge in [0, 0.05) is 12.8 Å². The van der Waals surface area contributed by atoms with Crippen molar-refractivity contribution in [2.45, 2.75) is 110 Å². The Kier molecular flexibility index (Phi) is 7.34. The number of rotatable bonds is 6. The number of hydrogen-bond acceptors (Lipinski definition) is 2. The monoisotopic (exact) mass is 418 g/mol. The largest absolute Gasteiger partial charge is 0.390 e. The van der Waals surface area contributed by atoms with Crippen molar-refractivity contribution < 1.29 is 14.6 Å². The van der Waals surface area contributed by atoms with Gasteiger partial charge in [-0.2, -0.15) is 0 Å². The van der Waals surface area contributed by atoms with Gasteiger partial charge in [-0.15, -0.1) is 0 Å². The maximum Gasteiger partial charge on any atom is 0.107 e. The van der Waals surface area contributed by atoms with E-state index in [1.807, 2.05) is 13.8 Å². The van der Waals surface area contributed by atoms with Gasteiger partial charge < -0.3 is 10.2 Å². The highest BCUT2D eigenvalue weighted by molar-refractivity contribution is 5.38. The molecule has 0 heterocycles. The summed E-state index contributed by atoms with van der Waals surface area (Å²) in [5, 5.41) is 20.1. The van der Waals surface area contributed by atoms with Crippen LogP contribution in [0.25, 0.3) is 0 Å². The van der Waals surface area contributed by atoms with E-state index in [9.17, 15) is 14.6 Å². The van der Waals surface area contributed by atoms with E-state index in [0.29, 0.717) is 29.2 Å². The van der Waals surface area contributed by atoms with Gasteiger partial charge in [-0.25, -0.2) is 4.39 Å². The molecule has 0 spiro atoms. The van der Waals surface area contributed by atoms with Crippen molar-refractivity contribution in [2.24, 2.45) is 23.2 Å². The van der Waals surface area contributed by atoms with Crippen molar-refractivity contribution in [3.05, 3.63) is 35.5 Å². The molecule has 3 fully saturated rings. The van der Waals surface area contributed by atoms with E-state index in [-0.39, 0.29) is 6.42 Å². The fourth-order valence-electron chi connectivity index (χ4n) is 6.71. The molecule has 0 aromatic rings. The minimum atomic E-state index is -0.965. The van der Waals surface area contributed by atoms with E-state index in [1.165, 1.54) is 37.7 Å². The molecule has 6 atom stereocenters. The van der Waals surface area contributed by atoms with Gasteiger partial charge in [0.15, 0.2) is 0 Å². The van der Waals surface area contributed by atoms with Crippen LogP contribution in [0.2, 0.25) is 0 Å². The first-order valence-corrected chi connectivity index (χ1v) is 12.1. The molecule has 3 saturated carbocycles. The summed E-state index contributed by atoms with van der Waals surface area (Å²) in [5.41, 5.74) is 2.89. The Hall–Kier alpha value is -0.930. The molecule has 170 valence electrons. The molecule has 3 heteroatoms. The Morgan fingerprint density at radius 1 is 1.30 bits per heavy atom. The van der Waals surface area contributed by atoms with Gasteiger partial charge in [0.1, 0.15) is 6.17 Å². The summed E-state index contributed by atoms with van der Waals surface area (Å²) in [6.45, 7) is 12.7. The minimum absolute atomic E-state index is 0.181. The molecule has 2 N–H and O–H groups in total. The van der Waals surface area contributed by atoms with Crippen LogP contribution in [-0.4, -0.2) is 28.1 Å². The van der Waals surface area contributed by atoms with Crippen LogP contribution >= 0.6 is 0 Å². The molecule has 0 aromatic carbocycles. The first-order valence-electron chi connectivity index (χ1n) is 12.1. The van der Waals surface area contributed by atoms with Crippen LogP contribution in [0.4, 0.5) is 4.39 Å². The zero-order valence-corrected chi connectivity index (χ0v) is 19.6. The Labute approximate surface area is 183 Å². The number of aliphatic hydroxyl groups excluding tert-OH is 1. The molecular formula is C27H43FO2. The zero-order chi connectivity index (χ0) is 22.1. The van der Waals surface area contributed by atoms with E-state index in [1.54, 1.807) is 0 Å². The van der Waals surface area contributed by atoms with Gasteiger partial charge in [-0.05, 0) is 86.7 Å². The summed E-state index contributed by atoms with van der Waals surface area (Å²) in [4.78, 5) is 0. The van der Waals surface area contributed by atoms with Crippen LogP contribution < -0.4 is 0 Å². The van der Waals surface area contributed by atoms with Gasteiger partial charge in [0.25, 0.3) is 0 Å². The average Bonchev–Trinajstić information content (AvgIpc) is 3.00. The lowest BCUT2D eigenvalue weighted by Gasteiger charge is -2.44. The SMILES string of the molecule is C=C1/C(=C/C=C2\CCC[C@]3(C)[C@@H]([C@H](C)CCCC(C)(C)O)CC[C@@H]23)C[C@@H](F)C[C@@H]1O. The average molecular weight is 419 g/mol. The number of fused-ring (bicyclic) bond motifs is 1. The molecule has 0 aromatic heterocycles. The van der Waals surface area contributed by atoms with Crippen molar-refractivity contribution in [2.75, 3.05) is 0 Å². The maximum absolute atomic E-state index is 13.9. The molecule has 2 nitrogen and oxygen atoms in total. The van der Waals surface area contributed by atoms with Crippen LogP contribution in [0.15, 0.2) is 35.5 Å². The second kappa shape index (κ2) is 9.28. The number of aliphatic hydroxyl groups is 2. The van der Waals surface area contributed by atoms with Crippen molar-refractivity contribution in [3.8, 4) is 0 Å². The molecule has 0 unspecified atom stereocenters. The normalized spacial score (nSPS) is 38.8. The van der Waals surface area contributed by atoms with Crippen LogP contribution in [0.1, 0.15) is 91.9 Å². The fourth-order valence-corrected chi connectivity index (χ4v) is 6.71. The lowest BCUT2D eigenvalue weighted by atomic mass is 9.60. The second-order valence-corrected chi connectivity index (χ2v) is 11.3. The molecular weight excluding hydrogens is 375 g/mol. The molecule has 30 heavy (non-hydrogen) atoms. The summed E-state index contributed by atoms with van der Waals surface area (Å²) >= 11 is 0. The first-order chi connectivity index (χ1) is 14.0. The third-order valence-electron chi connectivity index (χ3n) is 8.41. The fraction of sp³-hybridized carbons (Fsp3) is 0.778. The van der Waals surface area contributed by atoms with Crippen LogP contribution in [-0.2, 0) is 0 Å². The quantitative estimate of drug-likeness (QED) is 0.505. The summed E-state index contributed by atoms with van der Waals surface area (Å²) < 4.78 is 13.9. The Bertz CT molecular complexity index is 685. The molecule has 3 aliphatic carbocycles. The highest BCUT2D eigenvalue weighted by atomic mass is 19.1. The molecule has 3 aliphatic rings. The molecule has 0 saturated heterocycles. The number of halogens is 1. The predicted molar refractivity (Wildman–Crippen MR) is 123 cm³/mol. The van der Waals surface area contributed by atoms with Crippen molar-refractivity contribution >= 4 is 0 Å². The van der Waals surface area contributed by atoms with Crippen LogP contribution in [0.3, 0.4) is 0 Å².